The molecule has 0 radical (unpaired) electrons. The molecule has 1 fully saturated rings. The number of fused-ring (bicyclic) bond motifs is 2. The van der Waals surface area contributed by atoms with Crippen molar-refractivity contribution in [2.45, 2.75) is 37.3 Å². The number of hydrogen-bond donors (Lipinski definition) is 1. The Labute approximate surface area is 236 Å². The molecule has 1 atom stereocenters. The van der Waals surface area contributed by atoms with Crippen molar-refractivity contribution in [1.29, 1.82) is 0 Å². The number of anilines is 1. The maximum absolute atomic E-state index is 13.8. The average molecular weight is 567 g/mol. The number of ether oxygens (including phenoxy) is 1. The number of nitrogens with one attached hydrogen (secondary N) is 1. The van der Waals surface area contributed by atoms with Crippen LogP contribution in [0.5, 0.6) is 0 Å². The summed E-state index contributed by atoms with van der Waals surface area (Å²) in [5, 5.41) is 2.96. The SMILES string of the molecule is CN1CCC=C(C(=O)N[C@H](COCc2ccccc2)C(=O)N2CCC3(CC2)CN(S(C)(=O)=O)c2ccccc23)C1. The number of rotatable bonds is 8. The van der Waals surface area contributed by atoms with Gasteiger partial charge in [0.15, 0.2) is 0 Å². The number of benzene rings is 2. The minimum atomic E-state index is -3.42. The van der Waals surface area contributed by atoms with E-state index in [1.807, 2.05) is 67.7 Å². The molecule has 3 aliphatic heterocycles. The van der Waals surface area contributed by atoms with Crippen LogP contribution in [0.2, 0.25) is 0 Å². The maximum Gasteiger partial charge on any atom is 0.248 e. The van der Waals surface area contributed by atoms with Crippen molar-refractivity contribution in [1.82, 2.24) is 15.1 Å². The van der Waals surface area contributed by atoms with E-state index in [-0.39, 0.29) is 23.8 Å². The number of carbonyl (C=O) groups excluding carboxylic acids is 2. The number of para-hydroxylation sites is 1. The Morgan fingerprint density at radius 2 is 1.73 bits per heavy atom. The van der Waals surface area contributed by atoms with Gasteiger partial charge in [-0.15, -0.1) is 0 Å². The second kappa shape index (κ2) is 11.7. The summed E-state index contributed by atoms with van der Waals surface area (Å²) in [4.78, 5) is 30.8. The number of piperidine rings is 1. The summed E-state index contributed by atoms with van der Waals surface area (Å²) in [6, 6.07) is 16.6. The van der Waals surface area contributed by atoms with E-state index in [1.54, 1.807) is 4.90 Å². The highest BCUT2D eigenvalue weighted by Gasteiger charge is 2.47. The molecule has 2 aromatic rings. The molecule has 5 rings (SSSR count). The Hall–Kier alpha value is -3.21. The molecular formula is C30H38N4O5S. The summed E-state index contributed by atoms with van der Waals surface area (Å²) in [5.41, 5.74) is 3.07. The van der Waals surface area contributed by atoms with Gasteiger partial charge in [-0.1, -0.05) is 54.6 Å². The first-order valence-corrected chi connectivity index (χ1v) is 15.7. The quantitative estimate of drug-likeness (QED) is 0.527. The molecule has 0 aromatic heterocycles. The normalized spacial score (nSPS) is 19.7. The van der Waals surface area contributed by atoms with Crippen molar-refractivity contribution in [2.24, 2.45) is 0 Å². The molecule has 1 saturated heterocycles. The van der Waals surface area contributed by atoms with Gasteiger partial charge in [0.05, 0.1) is 25.2 Å². The second-order valence-electron chi connectivity index (χ2n) is 11.2. The molecule has 0 saturated carbocycles. The van der Waals surface area contributed by atoms with Gasteiger partial charge in [0.2, 0.25) is 21.8 Å². The van der Waals surface area contributed by atoms with Crippen LogP contribution in [0.25, 0.3) is 0 Å². The topological polar surface area (TPSA) is 99.3 Å². The van der Waals surface area contributed by atoms with E-state index in [2.05, 4.69) is 10.2 Å². The van der Waals surface area contributed by atoms with Gasteiger partial charge in [-0.3, -0.25) is 13.9 Å². The molecule has 0 aliphatic carbocycles. The van der Waals surface area contributed by atoms with Gasteiger partial charge in [-0.05, 0) is 43.5 Å². The van der Waals surface area contributed by atoms with Crippen molar-refractivity contribution < 1.29 is 22.7 Å². The number of likely N-dealkylation sites (tertiary alicyclic amines) is 1. The van der Waals surface area contributed by atoms with Crippen LogP contribution < -0.4 is 9.62 Å². The smallest absolute Gasteiger partial charge is 0.248 e. The Balaban J connectivity index is 1.28. The van der Waals surface area contributed by atoms with Crippen LogP contribution in [0.15, 0.2) is 66.2 Å². The molecule has 3 aliphatic rings. The summed E-state index contributed by atoms with van der Waals surface area (Å²) >= 11 is 0. The molecule has 1 N–H and O–H groups in total. The Morgan fingerprint density at radius 1 is 1.02 bits per heavy atom. The lowest BCUT2D eigenvalue weighted by Gasteiger charge is -2.41. The van der Waals surface area contributed by atoms with Crippen molar-refractivity contribution >= 4 is 27.5 Å². The number of hydrogen-bond acceptors (Lipinski definition) is 6. The number of carbonyl (C=O) groups is 2. The molecule has 0 bridgehead atoms. The van der Waals surface area contributed by atoms with E-state index in [1.165, 1.54) is 10.6 Å². The van der Waals surface area contributed by atoms with E-state index in [0.717, 1.165) is 29.8 Å². The zero-order valence-corrected chi connectivity index (χ0v) is 24.0. The van der Waals surface area contributed by atoms with Crippen LogP contribution in [-0.2, 0) is 36.4 Å². The van der Waals surface area contributed by atoms with E-state index in [9.17, 15) is 18.0 Å². The molecule has 0 unspecified atom stereocenters. The van der Waals surface area contributed by atoms with Crippen LogP contribution in [0.3, 0.4) is 0 Å². The van der Waals surface area contributed by atoms with Crippen LogP contribution in [0.4, 0.5) is 5.69 Å². The van der Waals surface area contributed by atoms with Crippen molar-refractivity contribution in [3.8, 4) is 0 Å². The minimum Gasteiger partial charge on any atom is -0.374 e. The summed E-state index contributed by atoms with van der Waals surface area (Å²) < 4.78 is 32.5. The van der Waals surface area contributed by atoms with Crippen LogP contribution in [0.1, 0.15) is 30.4 Å². The molecule has 2 amide bonds. The lowest BCUT2D eigenvalue weighted by atomic mass is 9.74. The van der Waals surface area contributed by atoms with Gasteiger partial charge in [0.25, 0.3) is 0 Å². The molecule has 9 nitrogen and oxygen atoms in total. The van der Waals surface area contributed by atoms with Crippen LogP contribution in [-0.4, -0.2) is 88.7 Å². The largest absolute Gasteiger partial charge is 0.374 e. The Morgan fingerprint density at radius 3 is 2.42 bits per heavy atom. The van der Waals surface area contributed by atoms with Gasteiger partial charge in [0.1, 0.15) is 6.04 Å². The van der Waals surface area contributed by atoms with Crippen molar-refractivity contribution in [3.63, 3.8) is 0 Å². The first-order valence-electron chi connectivity index (χ1n) is 13.8. The lowest BCUT2D eigenvalue weighted by molar-refractivity contribution is -0.139. The third-order valence-corrected chi connectivity index (χ3v) is 9.38. The molecule has 1 spiro atoms. The molecular weight excluding hydrogens is 528 g/mol. The van der Waals surface area contributed by atoms with Gasteiger partial charge >= 0.3 is 0 Å². The fourth-order valence-corrected chi connectivity index (χ4v) is 7.03. The highest BCUT2D eigenvalue weighted by molar-refractivity contribution is 7.92. The second-order valence-corrected chi connectivity index (χ2v) is 13.1. The van der Waals surface area contributed by atoms with Crippen molar-refractivity contribution in [3.05, 3.63) is 77.4 Å². The Kier molecular flexibility index (Phi) is 8.30. The minimum absolute atomic E-state index is 0.0644. The first-order chi connectivity index (χ1) is 19.2. The van der Waals surface area contributed by atoms with Gasteiger partial charge < -0.3 is 19.9 Å². The summed E-state index contributed by atoms with van der Waals surface area (Å²) in [7, 11) is -1.44. The summed E-state index contributed by atoms with van der Waals surface area (Å²) in [6.07, 6.45) is 5.26. The maximum atomic E-state index is 13.8. The van der Waals surface area contributed by atoms with Gasteiger partial charge in [-0.2, -0.15) is 0 Å². The molecule has 2 aromatic carbocycles. The van der Waals surface area contributed by atoms with Gasteiger partial charge in [0, 0.05) is 43.7 Å². The fourth-order valence-electron chi connectivity index (χ4n) is 6.04. The zero-order chi connectivity index (χ0) is 28.3. The van der Waals surface area contributed by atoms with Crippen LogP contribution >= 0.6 is 0 Å². The lowest BCUT2D eigenvalue weighted by Crippen LogP contribution is -2.55. The van der Waals surface area contributed by atoms with E-state index in [0.29, 0.717) is 51.2 Å². The first kappa shape index (κ1) is 28.3. The predicted octanol–water partition coefficient (Wildman–Crippen LogP) is 2.29. The Bertz CT molecular complexity index is 1370. The number of nitrogens with zero attached hydrogens (tertiary/aromatic N) is 3. The standard InChI is InChI=1S/C30H38N4O5S/c1-32-16-8-11-24(19-32)28(35)31-26(21-39-20-23-9-4-3-5-10-23)29(36)33-17-14-30(15-18-33)22-34(40(2,37)38)27-13-7-6-12-25(27)30/h3-7,9-13,26H,8,14-22H2,1-2H3,(H,31,35)/t26-/m1/s1. The van der Waals surface area contributed by atoms with Crippen LogP contribution in [0, 0.1) is 0 Å². The third-order valence-electron chi connectivity index (χ3n) is 8.26. The highest BCUT2D eigenvalue weighted by Crippen LogP contribution is 2.47. The number of sulfonamides is 1. The fraction of sp³-hybridized carbons (Fsp3) is 0.467. The van der Waals surface area contributed by atoms with E-state index < -0.39 is 16.1 Å². The number of likely N-dealkylation sites (N-methyl/N-ethyl adjacent to an activating group) is 1. The molecule has 40 heavy (non-hydrogen) atoms. The molecule has 3 heterocycles. The molecule has 214 valence electrons. The average Bonchev–Trinajstić information content (AvgIpc) is 3.27. The summed E-state index contributed by atoms with van der Waals surface area (Å²) in [6.45, 7) is 3.18. The summed E-state index contributed by atoms with van der Waals surface area (Å²) in [5.74, 6) is -0.414. The predicted molar refractivity (Wildman–Crippen MR) is 154 cm³/mol. The molecule has 10 heteroatoms. The van der Waals surface area contributed by atoms with E-state index in [4.69, 9.17) is 4.74 Å². The zero-order valence-electron chi connectivity index (χ0n) is 23.2. The van der Waals surface area contributed by atoms with Crippen molar-refractivity contribution in [2.75, 3.05) is 56.9 Å². The van der Waals surface area contributed by atoms with Gasteiger partial charge in [-0.25, -0.2) is 8.42 Å². The van der Waals surface area contributed by atoms with E-state index >= 15 is 0 Å². The monoisotopic (exact) mass is 566 g/mol. The highest BCUT2D eigenvalue weighted by atomic mass is 32.2. The number of amides is 2. The third kappa shape index (κ3) is 6.09.